The summed E-state index contributed by atoms with van der Waals surface area (Å²) in [5.41, 5.74) is 0.475. The Hall–Kier alpha value is -2.37. The van der Waals surface area contributed by atoms with E-state index in [1.54, 1.807) is 26.0 Å². The van der Waals surface area contributed by atoms with Crippen molar-refractivity contribution in [2.24, 2.45) is 0 Å². The van der Waals surface area contributed by atoms with Gasteiger partial charge < -0.3 is 10.4 Å². The third-order valence-corrected chi connectivity index (χ3v) is 3.53. The molecule has 2 N–H and O–H groups in total. The Labute approximate surface area is 116 Å². The van der Waals surface area contributed by atoms with Crippen molar-refractivity contribution in [3.63, 3.8) is 0 Å². The van der Waals surface area contributed by atoms with E-state index in [1.807, 2.05) is 6.08 Å². The predicted molar refractivity (Wildman–Crippen MR) is 73.4 cm³/mol. The van der Waals surface area contributed by atoms with Crippen LogP contribution >= 0.6 is 0 Å². The van der Waals surface area contributed by atoms with Crippen LogP contribution in [0.3, 0.4) is 0 Å². The highest BCUT2D eigenvalue weighted by molar-refractivity contribution is 5.79. The Bertz CT molecular complexity index is 597. The van der Waals surface area contributed by atoms with Crippen LogP contribution in [0.25, 0.3) is 0 Å². The van der Waals surface area contributed by atoms with Crippen molar-refractivity contribution >= 4 is 11.7 Å². The molecule has 20 heavy (non-hydrogen) atoms. The number of aliphatic carboxylic acids is 1. The van der Waals surface area contributed by atoms with Gasteiger partial charge in [-0.25, -0.2) is 4.79 Å². The van der Waals surface area contributed by atoms with Crippen LogP contribution in [0.5, 0.6) is 0 Å². The van der Waals surface area contributed by atoms with Gasteiger partial charge in [-0.05, 0) is 25.8 Å². The molecular weight excluding hydrogens is 260 g/mol. The minimum Gasteiger partial charge on any atom is -0.480 e. The van der Waals surface area contributed by atoms with E-state index in [4.69, 9.17) is 0 Å². The van der Waals surface area contributed by atoms with Gasteiger partial charge in [0.25, 0.3) is 5.69 Å². The molecule has 1 aromatic rings. The summed E-state index contributed by atoms with van der Waals surface area (Å²) in [6.07, 6.45) is 2.25. The van der Waals surface area contributed by atoms with E-state index in [0.29, 0.717) is 6.42 Å². The molecule has 1 heterocycles. The van der Waals surface area contributed by atoms with Crippen LogP contribution in [0, 0.1) is 10.1 Å². The predicted octanol–water partition coefficient (Wildman–Crippen LogP) is 2.42. The maximum Gasteiger partial charge on any atom is 0.329 e. The quantitative estimate of drug-likeness (QED) is 0.653. The topological polar surface area (TPSA) is 92.5 Å². The number of nitrogens with zero attached hydrogens (tertiary/aromatic N) is 1. The molecule has 0 fully saturated rings. The lowest BCUT2D eigenvalue weighted by molar-refractivity contribution is -0.384. The lowest BCUT2D eigenvalue weighted by Crippen LogP contribution is -2.51. The van der Waals surface area contributed by atoms with Gasteiger partial charge >= 0.3 is 5.97 Å². The van der Waals surface area contributed by atoms with Crippen molar-refractivity contribution in [3.8, 4) is 0 Å². The zero-order valence-corrected chi connectivity index (χ0v) is 11.3. The zero-order valence-electron chi connectivity index (χ0n) is 11.3. The number of nitro benzene ring substituents is 1. The van der Waals surface area contributed by atoms with Crippen molar-refractivity contribution in [2.45, 2.75) is 31.7 Å². The minimum atomic E-state index is -1.06. The first-order valence-corrected chi connectivity index (χ1v) is 6.26. The molecular formula is C14H16N2O4. The van der Waals surface area contributed by atoms with Crippen LogP contribution in [0.4, 0.5) is 5.69 Å². The molecule has 1 aliphatic heterocycles. The number of nitrogens with one attached hydrogen (secondary N) is 1. The highest BCUT2D eigenvalue weighted by atomic mass is 16.6. The second-order valence-electron chi connectivity index (χ2n) is 5.27. The summed E-state index contributed by atoms with van der Waals surface area (Å²) in [4.78, 5) is 21.7. The highest BCUT2D eigenvalue weighted by Crippen LogP contribution is 2.34. The molecule has 1 aliphatic rings. The van der Waals surface area contributed by atoms with Gasteiger partial charge in [0.2, 0.25) is 0 Å². The molecule has 2 unspecified atom stereocenters. The number of benzene rings is 1. The van der Waals surface area contributed by atoms with E-state index in [2.05, 4.69) is 5.32 Å². The van der Waals surface area contributed by atoms with Gasteiger partial charge in [-0.1, -0.05) is 18.2 Å². The average molecular weight is 276 g/mol. The first kappa shape index (κ1) is 14.0. The third kappa shape index (κ3) is 2.64. The smallest absolute Gasteiger partial charge is 0.329 e. The first-order valence-electron chi connectivity index (χ1n) is 6.26. The molecule has 0 saturated carbocycles. The van der Waals surface area contributed by atoms with Crippen molar-refractivity contribution in [1.29, 1.82) is 0 Å². The fourth-order valence-electron chi connectivity index (χ4n) is 2.55. The average Bonchev–Trinajstić information content (AvgIpc) is 2.37. The normalized spacial score (nSPS) is 25.5. The molecule has 2 atom stereocenters. The number of carboxylic acids is 1. The summed E-state index contributed by atoms with van der Waals surface area (Å²) in [5.74, 6) is -1.09. The minimum absolute atomic E-state index is 0.0177. The molecule has 0 amide bonds. The molecule has 6 nitrogen and oxygen atoms in total. The SMILES string of the molecule is CC1=CC(c2cccc([N+](=O)[O-])c2)CC(C)(C(=O)O)N1. The number of non-ortho nitro benzene ring substituents is 1. The summed E-state index contributed by atoms with van der Waals surface area (Å²) in [5, 5.41) is 23.1. The standard InChI is InChI=1S/C14H16N2O4/c1-9-6-11(8-14(2,15-9)13(17)18)10-4-3-5-12(7-10)16(19)20/h3-7,11,15H,8H2,1-2H3,(H,17,18). The molecule has 0 bridgehead atoms. The second-order valence-corrected chi connectivity index (χ2v) is 5.27. The Morgan fingerprint density at radius 3 is 2.85 bits per heavy atom. The second kappa shape index (κ2) is 4.96. The van der Waals surface area contributed by atoms with Crippen molar-refractivity contribution in [1.82, 2.24) is 5.32 Å². The summed E-state index contributed by atoms with van der Waals surface area (Å²) in [6, 6.07) is 6.34. The number of nitro groups is 1. The number of hydrogen-bond donors (Lipinski definition) is 2. The maximum absolute atomic E-state index is 11.4. The van der Waals surface area contributed by atoms with Gasteiger partial charge in [0, 0.05) is 23.7 Å². The molecule has 2 rings (SSSR count). The number of allylic oxidation sites excluding steroid dienone is 2. The van der Waals surface area contributed by atoms with E-state index >= 15 is 0 Å². The van der Waals surface area contributed by atoms with E-state index in [9.17, 15) is 20.0 Å². The van der Waals surface area contributed by atoms with Crippen LogP contribution in [0.15, 0.2) is 36.0 Å². The van der Waals surface area contributed by atoms with E-state index in [1.165, 1.54) is 12.1 Å². The largest absolute Gasteiger partial charge is 0.480 e. The molecule has 0 aromatic heterocycles. The van der Waals surface area contributed by atoms with Crippen LogP contribution in [0.1, 0.15) is 31.7 Å². The van der Waals surface area contributed by atoms with Crippen LogP contribution in [-0.4, -0.2) is 21.5 Å². The molecule has 6 heteroatoms. The fraction of sp³-hybridized carbons (Fsp3) is 0.357. The molecule has 0 saturated heterocycles. The van der Waals surface area contributed by atoms with Gasteiger partial charge in [0.1, 0.15) is 5.54 Å². The Morgan fingerprint density at radius 2 is 2.25 bits per heavy atom. The first-order chi connectivity index (χ1) is 9.32. The molecule has 0 aliphatic carbocycles. The summed E-state index contributed by atoms with van der Waals surface area (Å²) < 4.78 is 0. The zero-order chi connectivity index (χ0) is 14.9. The highest BCUT2D eigenvalue weighted by Gasteiger charge is 2.38. The Balaban J connectivity index is 2.37. The van der Waals surface area contributed by atoms with Crippen molar-refractivity contribution < 1.29 is 14.8 Å². The van der Waals surface area contributed by atoms with Gasteiger partial charge in [-0.15, -0.1) is 0 Å². The van der Waals surface area contributed by atoms with Gasteiger partial charge in [0.15, 0.2) is 0 Å². The van der Waals surface area contributed by atoms with Gasteiger partial charge in [-0.2, -0.15) is 0 Å². The molecule has 1 aromatic carbocycles. The fourth-order valence-corrected chi connectivity index (χ4v) is 2.55. The molecule has 0 spiro atoms. The van der Waals surface area contributed by atoms with Crippen molar-refractivity contribution in [2.75, 3.05) is 0 Å². The summed E-state index contributed by atoms with van der Waals surface area (Å²) >= 11 is 0. The lowest BCUT2D eigenvalue weighted by atomic mass is 9.81. The van der Waals surface area contributed by atoms with Gasteiger partial charge in [-0.3, -0.25) is 10.1 Å². The van der Waals surface area contributed by atoms with Crippen LogP contribution < -0.4 is 5.32 Å². The van der Waals surface area contributed by atoms with Crippen molar-refractivity contribution in [3.05, 3.63) is 51.7 Å². The summed E-state index contributed by atoms with van der Waals surface area (Å²) in [6.45, 7) is 3.42. The number of carbonyl (C=O) groups is 1. The third-order valence-electron chi connectivity index (χ3n) is 3.53. The van der Waals surface area contributed by atoms with Crippen LogP contribution in [0.2, 0.25) is 0 Å². The monoisotopic (exact) mass is 276 g/mol. The number of rotatable bonds is 3. The maximum atomic E-state index is 11.4. The van der Waals surface area contributed by atoms with E-state index < -0.39 is 16.4 Å². The van der Waals surface area contributed by atoms with Crippen LogP contribution in [-0.2, 0) is 4.79 Å². The molecule has 0 radical (unpaired) electrons. The van der Waals surface area contributed by atoms with E-state index in [-0.39, 0.29) is 11.6 Å². The number of hydrogen-bond acceptors (Lipinski definition) is 4. The van der Waals surface area contributed by atoms with Gasteiger partial charge in [0.05, 0.1) is 4.92 Å². The Kier molecular flexibility index (Phi) is 3.48. The number of carboxylic acid groups (broad SMARTS) is 1. The van der Waals surface area contributed by atoms with E-state index in [0.717, 1.165) is 11.3 Å². The summed E-state index contributed by atoms with van der Waals surface area (Å²) in [7, 11) is 0. The molecule has 106 valence electrons. The lowest BCUT2D eigenvalue weighted by Gasteiger charge is -2.35. The Morgan fingerprint density at radius 1 is 1.55 bits per heavy atom.